The fourth-order valence-electron chi connectivity index (χ4n) is 1.78. The quantitative estimate of drug-likeness (QED) is 0.732. The smallest absolute Gasteiger partial charge is 0.235 e. The van der Waals surface area contributed by atoms with Crippen LogP contribution in [0.15, 0.2) is 0 Å². The highest BCUT2D eigenvalue weighted by Gasteiger charge is 2.36. The highest BCUT2D eigenvalue weighted by atomic mass is 35.5. The molecule has 82 valence electrons. The van der Waals surface area contributed by atoms with Crippen LogP contribution in [0.25, 0.3) is 0 Å². The molecular weight excluding hydrogens is 202 g/mol. The Morgan fingerprint density at radius 2 is 2.43 bits per heavy atom. The lowest BCUT2D eigenvalue weighted by molar-refractivity contribution is -0.122. The fourth-order valence-corrected chi connectivity index (χ4v) is 1.86. The molecular formula is C10H18ClNO2. The van der Waals surface area contributed by atoms with Crippen molar-refractivity contribution in [2.75, 3.05) is 19.1 Å². The molecule has 1 fully saturated rings. The lowest BCUT2D eigenvalue weighted by Gasteiger charge is -2.40. The Morgan fingerprint density at radius 3 is 3.00 bits per heavy atom. The molecule has 1 rings (SSSR count). The molecule has 0 saturated carbocycles. The summed E-state index contributed by atoms with van der Waals surface area (Å²) in [6.45, 7) is 5.71. The Labute approximate surface area is 90.1 Å². The van der Waals surface area contributed by atoms with E-state index in [9.17, 15) is 4.79 Å². The van der Waals surface area contributed by atoms with Crippen LogP contribution < -0.4 is 5.32 Å². The van der Waals surface area contributed by atoms with Crippen molar-refractivity contribution in [3.63, 3.8) is 0 Å². The normalized spacial score (nSPS) is 32.6. The van der Waals surface area contributed by atoms with E-state index in [2.05, 4.69) is 19.2 Å². The van der Waals surface area contributed by atoms with Gasteiger partial charge in [-0.25, -0.2) is 0 Å². The van der Waals surface area contributed by atoms with Gasteiger partial charge < -0.3 is 10.1 Å². The number of hydrogen-bond acceptors (Lipinski definition) is 2. The molecule has 0 aliphatic carbocycles. The number of halogens is 1. The van der Waals surface area contributed by atoms with E-state index in [1.54, 1.807) is 0 Å². The molecule has 0 radical (unpaired) electrons. The highest BCUT2D eigenvalue weighted by molar-refractivity contribution is 6.27. The molecule has 1 aliphatic heterocycles. The number of nitrogens with one attached hydrogen (secondary N) is 1. The Morgan fingerprint density at radius 1 is 1.71 bits per heavy atom. The average Bonchev–Trinajstić information content (AvgIpc) is 2.21. The van der Waals surface area contributed by atoms with E-state index in [0.29, 0.717) is 0 Å². The Kier molecular flexibility index (Phi) is 4.20. The fraction of sp³-hybridized carbons (Fsp3) is 0.900. The number of ether oxygens (including phenoxy) is 1. The van der Waals surface area contributed by atoms with Crippen LogP contribution in [0.1, 0.15) is 26.7 Å². The monoisotopic (exact) mass is 219 g/mol. The summed E-state index contributed by atoms with van der Waals surface area (Å²) < 4.78 is 5.44. The van der Waals surface area contributed by atoms with Gasteiger partial charge in [-0.2, -0.15) is 0 Å². The molecule has 2 unspecified atom stereocenters. The zero-order valence-corrected chi connectivity index (χ0v) is 9.56. The van der Waals surface area contributed by atoms with Gasteiger partial charge in [-0.1, -0.05) is 13.8 Å². The molecule has 1 aliphatic rings. The zero-order valence-electron chi connectivity index (χ0n) is 8.81. The van der Waals surface area contributed by atoms with Crippen LogP contribution in [-0.2, 0) is 9.53 Å². The summed E-state index contributed by atoms with van der Waals surface area (Å²) in [4.78, 5) is 11.2. The SMILES string of the molecule is CCC1(C)COCCC1NC(=O)CCl. The van der Waals surface area contributed by atoms with Gasteiger partial charge in [0.2, 0.25) is 5.91 Å². The number of carbonyl (C=O) groups excluding carboxylic acids is 1. The van der Waals surface area contributed by atoms with E-state index in [-0.39, 0.29) is 23.2 Å². The molecule has 1 N–H and O–H groups in total. The number of hydrogen-bond donors (Lipinski definition) is 1. The highest BCUT2D eigenvalue weighted by Crippen LogP contribution is 2.31. The maximum Gasteiger partial charge on any atom is 0.235 e. The number of rotatable bonds is 3. The van der Waals surface area contributed by atoms with Gasteiger partial charge >= 0.3 is 0 Å². The molecule has 4 heteroatoms. The van der Waals surface area contributed by atoms with Crippen molar-refractivity contribution in [1.82, 2.24) is 5.32 Å². The van der Waals surface area contributed by atoms with E-state index in [1.165, 1.54) is 0 Å². The Balaban J connectivity index is 2.59. The second kappa shape index (κ2) is 4.99. The molecule has 1 saturated heterocycles. The first kappa shape index (κ1) is 11.8. The predicted octanol–water partition coefficient (Wildman–Crippen LogP) is 1.55. The van der Waals surface area contributed by atoms with Gasteiger partial charge in [0.25, 0.3) is 0 Å². The van der Waals surface area contributed by atoms with Crippen molar-refractivity contribution in [2.45, 2.75) is 32.7 Å². The Hall–Kier alpha value is -0.280. The van der Waals surface area contributed by atoms with E-state index in [1.807, 2.05) is 0 Å². The summed E-state index contributed by atoms with van der Waals surface area (Å²) in [5.41, 5.74) is 0.0555. The van der Waals surface area contributed by atoms with Gasteiger partial charge in [0.05, 0.1) is 6.61 Å². The maximum atomic E-state index is 11.2. The van der Waals surface area contributed by atoms with Crippen molar-refractivity contribution in [3.8, 4) is 0 Å². The summed E-state index contributed by atoms with van der Waals surface area (Å²) in [5, 5.41) is 2.96. The van der Waals surface area contributed by atoms with Gasteiger partial charge in [-0.05, 0) is 12.8 Å². The molecule has 0 aromatic rings. The third-order valence-corrected chi connectivity index (χ3v) is 3.33. The van der Waals surface area contributed by atoms with Gasteiger partial charge in [-0.15, -0.1) is 11.6 Å². The second-order valence-corrected chi connectivity index (χ2v) is 4.37. The number of amides is 1. The van der Waals surface area contributed by atoms with Gasteiger partial charge in [0, 0.05) is 18.1 Å². The van der Waals surface area contributed by atoms with Crippen LogP contribution in [0.2, 0.25) is 0 Å². The Bertz CT molecular complexity index is 210. The van der Waals surface area contributed by atoms with E-state index in [0.717, 1.165) is 26.1 Å². The van der Waals surface area contributed by atoms with Crippen LogP contribution in [0, 0.1) is 5.41 Å². The van der Waals surface area contributed by atoms with Crippen LogP contribution >= 0.6 is 11.6 Å². The minimum atomic E-state index is -0.0850. The first-order chi connectivity index (χ1) is 6.62. The molecule has 0 aromatic heterocycles. The third-order valence-electron chi connectivity index (χ3n) is 3.09. The van der Waals surface area contributed by atoms with Crippen LogP contribution in [0.3, 0.4) is 0 Å². The van der Waals surface area contributed by atoms with Crippen LogP contribution in [0.5, 0.6) is 0 Å². The largest absolute Gasteiger partial charge is 0.381 e. The minimum absolute atomic E-state index is 0.0388. The molecule has 1 heterocycles. The number of carbonyl (C=O) groups is 1. The molecule has 0 bridgehead atoms. The zero-order chi connectivity index (χ0) is 10.6. The second-order valence-electron chi connectivity index (χ2n) is 4.10. The first-order valence-electron chi connectivity index (χ1n) is 5.05. The average molecular weight is 220 g/mol. The maximum absolute atomic E-state index is 11.2. The summed E-state index contributed by atoms with van der Waals surface area (Å²) in [5.74, 6) is -0.0461. The topological polar surface area (TPSA) is 38.3 Å². The van der Waals surface area contributed by atoms with E-state index in [4.69, 9.17) is 16.3 Å². The van der Waals surface area contributed by atoms with Crippen molar-refractivity contribution >= 4 is 17.5 Å². The van der Waals surface area contributed by atoms with Crippen molar-refractivity contribution < 1.29 is 9.53 Å². The summed E-state index contributed by atoms with van der Waals surface area (Å²) in [7, 11) is 0. The molecule has 14 heavy (non-hydrogen) atoms. The van der Waals surface area contributed by atoms with Crippen molar-refractivity contribution in [3.05, 3.63) is 0 Å². The lowest BCUT2D eigenvalue weighted by Crippen LogP contribution is -2.52. The lowest BCUT2D eigenvalue weighted by atomic mass is 9.77. The van der Waals surface area contributed by atoms with Gasteiger partial charge in [-0.3, -0.25) is 4.79 Å². The molecule has 2 atom stereocenters. The molecule has 0 spiro atoms. The summed E-state index contributed by atoms with van der Waals surface area (Å²) >= 11 is 5.46. The molecule has 3 nitrogen and oxygen atoms in total. The summed E-state index contributed by atoms with van der Waals surface area (Å²) in [6.07, 6.45) is 1.88. The van der Waals surface area contributed by atoms with Crippen molar-refractivity contribution in [1.29, 1.82) is 0 Å². The predicted molar refractivity (Wildman–Crippen MR) is 56.5 cm³/mol. The van der Waals surface area contributed by atoms with Crippen molar-refractivity contribution in [2.24, 2.45) is 5.41 Å². The first-order valence-corrected chi connectivity index (χ1v) is 5.59. The molecule has 0 aromatic carbocycles. The van der Waals surface area contributed by atoms with E-state index >= 15 is 0 Å². The van der Waals surface area contributed by atoms with Gasteiger partial charge in [0.15, 0.2) is 0 Å². The molecule has 1 amide bonds. The van der Waals surface area contributed by atoms with Crippen LogP contribution in [0.4, 0.5) is 0 Å². The number of alkyl halides is 1. The summed E-state index contributed by atoms with van der Waals surface area (Å²) in [6, 6.07) is 0.201. The standard InChI is InChI=1S/C10H18ClNO2/c1-3-10(2)7-14-5-4-8(10)12-9(13)6-11/h8H,3-7H2,1-2H3,(H,12,13). The van der Waals surface area contributed by atoms with Gasteiger partial charge in [0.1, 0.15) is 5.88 Å². The minimum Gasteiger partial charge on any atom is -0.381 e. The van der Waals surface area contributed by atoms with Crippen LogP contribution in [-0.4, -0.2) is 31.0 Å². The van der Waals surface area contributed by atoms with E-state index < -0.39 is 0 Å². The third kappa shape index (κ3) is 2.61.